The zero-order valence-electron chi connectivity index (χ0n) is 10.5. The van der Waals surface area contributed by atoms with Crippen molar-refractivity contribution in [1.82, 2.24) is 0 Å². The number of rotatable bonds is 5. The molecular formula is C12H13F3N2O2S. The molecule has 1 aromatic rings. The number of hydrogen-bond donors (Lipinski definition) is 2. The van der Waals surface area contributed by atoms with E-state index in [0.717, 1.165) is 0 Å². The molecule has 0 radical (unpaired) electrons. The summed E-state index contributed by atoms with van der Waals surface area (Å²) in [6.07, 6.45) is -5.73. The SMILES string of the molecule is CC(OCC(F)(F)F)C(=O)Nc1ccccc1C(N)=S. The summed E-state index contributed by atoms with van der Waals surface area (Å²) in [4.78, 5) is 11.8. The van der Waals surface area contributed by atoms with E-state index in [1.807, 2.05) is 0 Å². The lowest BCUT2D eigenvalue weighted by Crippen LogP contribution is -2.32. The van der Waals surface area contributed by atoms with Crippen LogP contribution in [0.2, 0.25) is 0 Å². The fraction of sp³-hybridized carbons (Fsp3) is 0.333. The number of nitrogens with two attached hydrogens (primary N) is 1. The molecule has 0 fully saturated rings. The molecule has 8 heteroatoms. The molecule has 3 N–H and O–H groups in total. The van der Waals surface area contributed by atoms with Gasteiger partial charge in [0.1, 0.15) is 17.7 Å². The van der Waals surface area contributed by atoms with Gasteiger partial charge in [0.15, 0.2) is 0 Å². The Morgan fingerprint density at radius 2 is 2.05 bits per heavy atom. The molecular weight excluding hydrogens is 293 g/mol. The lowest BCUT2D eigenvalue weighted by atomic mass is 10.1. The van der Waals surface area contributed by atoms with Gasteiger partial charge in [-0.3, -0.25) is 4.79 Å². The van der Waals surface area contributed by atoms with Gasteiger partial charge in [-0.25, -0.2) is 0 Å². The molecule has 1 unspecified atom stereocenters. The average Bonchev–Trinajstić information content (AvgIpc) is 2.35. The van der Waals surface area contributed by atoms with Crippen LogP contribution in [-0.4, -0.2) is 29.8 Å². The Balaban J connectivity index is 2.69. The summed E-state index contributed by atoms with van der Waals surface area (Å²) in [6.45, 7) is -0.261. The fourth-order valence-corrected chi connectivity index (χ4v) is 1.51. The number of nitrogens with one attached hydrogen (secondary N) is 1. The smallest absolute Gasteiger partial charge is 0.389 e. The first kappa shape index (κ1) is 16.4. The van der Waals surface area contributed by atoms with Crippen LogP contribution in [0.25, 0.3) is 0 Å². The first-order chi connectivity index (χ1) is 9.20. The van der Waals surface area contributed by atoms with Gasteiger partial charge in [0, 0.05) is 5.56 Å². The topological polar surface area (TPSA) is 64.3 Å². The van der Waals surface area contributed by atoms with Crippen molar-refractivity contribution in [3.8, 4) is 0 Å². The van der Waals surface area contributed by atoms with Crippen LogP contribution in [0, 0.1) is 0 Å². The number of amides is 1. The van der Waals surface area contributed by atoms with Crippen LogP contribution in [0.3, 0.4) is 0 Å². The number of thiocarbonyl (C=S) groups is 1. The van der Waals surface area contributed by atoms with E-state index in [1.54, 1.807) is 24.3 Å². The molecule has 0 spiro atoms. The number of ether oxygens (including phenoxy) is 1. The van der Waals surface area contributed by atoms with E-state index < -0.39 is 24.8 Å². The van der Waals surface area contributed by atoms with Gasteiger partial charge in [0.2, 0.25) is 0 Å². The highest BCUT2D eigenvalue weighted by atomic mass is 32.1. The summed E-state index contributed by atoms with van der Waals surface area (Å²) in [5.74, 6) is -0.710. The number of carbonyl (C=O) groups is 1. The summed E-state index contributed by atoms with van der Waals surface area (Å²) in [6, 6.07) is 6.45. The van der Waals surface area contributed by atoms with Crippen molar-refractivity contribution >= 4 is 28.8 Å². The quantitative estimate of drug-likeness (QED) is 0.819. The molecule has 0 aliphatic carbocycles. The van der Waals surface area contributed by atoms with Gasteiger partial charge in [0.25, 0.3) is 5.91 Å². The van der Waals surface area contributed by atoms with Crippen molar-refractivity contribution in [3.05, 3.63) is 29.8 Å². The summed E-state index contributed by atoms with van der Waals surface area (Å²) >= 11 is 4.81. The minimum atomic E-state index is -4.48. The van der Waals surface area contributed by atoms with E-state index in [2.05, 4.69) is 10.1 Å². The number of anilines is 1. The van der Waals surface area contributed by atoms with Gasteiger partial charge < -0.3 is 15.8 Å². The van der Waals surface area contributed by atoms with Crippen molar-refractivity contribution < 1.29 is 22.7 Å². The summed E-state index contributed by atoms with van der Waals surface area (Å²) < 4.78 is 40.4. The molecule has 0 saturated carbocycles. The van der Waals surface area contributed by atoms with Gasteiger partial charge in [-0.05, 0) is 19.1 Å². The molecule has 0 aliphatic rings. The summed E-state index contributed by atoms with van der Waals surface area (Å²) in [7, 11) is 0. The second-order valence-electron chi connectivity index (χ2n) is 3.97. The molecule has 0 heterocycles. The number of hydrogen-bond acceptors (Lipinski definition) is 3. The highest BCUT2D eigenvalue weighted by molar-refractivity contribution is 7.80. The summed E-state index contributed by atoms with van der Waals surface area (Å²) in [5, 5.41) is 2.43. The van der Waals surface area contributed by atoms with Crippen LogP contribution in [0.5, 0.6) is 0 Å². The number of para-hydroxylation sites is 1. The lowest BCUT2D eigenvalue weighted by Gasteiger charge is -2.16. The minimum absolute atomic E-state index is 0.0739. The molecule has 0 aliphatic heterocycles. The molecule has 0 bridgehead atoms. The zero-order valence-corrected chi connectivity index (χ0v) is 11.3. The Bertz CT molecular complexity index is 506. The largest absolute Gasteiger partial charge is 0.411 e. The fourth-order valence-electron chi connectivity index (χ4n) is 1.34. The third-order valence-corrected chi connectivity index (χ3v) is 2.54. The molecule has 1 amide bonds. The molecule has 0 saturated heterocycles. The Labute approximate surface area is 119 Å². The molecule has 1 aromatic carbocycles. The van der Waals surface area contributed by atoms with Gasteiger partial charge in [0.05, 0.1) is 5.69 Å². The molecule has 20 heavy (non-hydrogen) atoms. The predicted octanol–water partition coefficient (Wildman–Crippen LogP) is 2.23. The number of carbonyl (C=O) groups excluding carboxylic acids is 1. The van der Waals surface area contributed by atoms with E-state index >= 15 is 0 Å². The summed E-state index contributed by atoms with van der Waals surface area (Å²) in [5.41, 5.74) is 6.24. The molecule has 4 nitrogen and oxygen atoms in total. The molecule has 1 rings (SSSR count). The maximum absolute atomic E-state index is 12.0. The maximum Gasteiger partial charge on any atom is 0.411 e. The van der Waals surface area contributed by atoms with Crippen molar-refractivity contribution in [2.75, 3.05) is 11.9 Å². The zero-order chi connectivity index (χ0) is 15.3. The average molecular weight is 306 g/mol. The Morgan fingerprint density at radius 1 is 1.45 bits per heavy atom. The van der Waals surface area contributed by atoms with E-state index in [-0.39, 0.29) is 4.99 Å². The minimum Gasteiger partial charge on any atom is -0.389 e. The van der Waals surface area contributed by atoms with E-state index in [4.69, 9.17) is 18.0 Å². The second-order valence-corrected chi connectivity index (χ2v) is 4.41. The Hall–Kier alpha value is -1.67. The van der Waals surface area contributed by atoms with Crippen LogP contribution < -0.4 is 11.1 Å². The Kier molecular flexibility index (Phi) is 5.46. The van der Waals surface area contributed by atoms with Crippen LogP contribution in [0.1, 0.15) is 12.5 Å². The second kappa shape index (κ2) is 6.67. The van der Waals surface area contributed by atoms with E-state index in [9.17, 15) is 18.0 Å². The first-order valence-electron chi connectivity index (χ1n) is 5.59. The molecule has 1 atom stereocenters. The standard InChI is InChI=1S/C12H13F3N2O2S/c1-7(19-6-12(13,14)15)11(18)17-9-5-3-2-4-8(9)10(16)20/h2-5,7H,6H2,1H3,(H2,16,20)(H,17,18). The monoisotopic (exact) mass is 306 g/mol. The third kappa shape index (κ3) is 5.14. The van der Waals surface area contributed by atoms with Gasteiger partial charge in [-0.2, -0.15) is 13.2 Å². The van der Waals surface area contributed by atoms with Crippen molar-refractivity contribution in [2.45, 2.75) is 19.2 Å². The van der Waals surface area contributed by atoms with Crippen molar-refractivity contribution in [2.24, 2.45) is 5.73 Å². The van der Waals surface area contributed by atoms with E-state index in [0.29, 0.717) is 11.3 Å². The third-order valence-electron chi connectivity index (χ3n) is 2.32. The van der Waals surface area contributed by atoms with Crippen molar-refractivity contribution in [1.29, 1.82) is 0 Å². The maximum atomic E-state index is 12.0. The van der Waals surface area contributed by atoms with Gasteiger partial charge in [-0.1, -0.05) is 24.4 Å². The molecule has 110 valence electrons. The van der Waals surface area contributed by atoms with Crippen LogP contribution in [-0.2, 0) is 9.53 Å². The predicted molar refractivity (Wildman–Crippen MR) is 72.4 cm³/mol. The van der Waals surface area contributed by atoms with Crippen LogP contribution in [0.4, 0.5) is 18.9 Å². The van der Waals surface area contributed by atoms with Crippen LogP contribution in [0.15, 0.2) is 24.3 Å². The lowest BCUT2D eigenvalue weighted by molar-refractivity contribution is -0.184. The van der Waals surface area contributed by atoms with Crippen LogP contribution >= 0.6 is 12.2 Å². The number of benzene rings is 1. The highest BCUT2D eigenvalue weighted by Gasteiger charge is 2.30. The number of alkyl halides is 3. The first-order valence-corrected chi connectivity index (χ1v) is 5.99. The highest BCUT2D eigenvalue weighted by Crippen LogP contribution is 2.17. The Morgan fingerprint density at radius 3 is 2.60 bits per heavy atom. The van der Waals surface area contributed by atoms with E-state index in [1.165, 1.54) is 6.92 Å². The molecule has 0 aromatic heterocycles. The number of halogens is 3. The van der Waals surface area contributed by atoms with Crippen molar-refractivity contribution in [3.63, 3.8) is 0 Å². The normalized spacial score (nSPS) is 12.8. The van der Waals surface area contributed by atoms with Gasteiger partial charge in [-0.15, -0.1) is 0 Å². The van der Waals surface area contributed by atoms with Gasteiger partial charge >= 0.3 is 6.18 Å².